The van der Waals surface area contributed by atoms with Gasteiger partial charge in [-0.25, -0.2) is 0 Å². The Labute approximate surface area is 121 Å². The maximum atomic E-state index is 11.4. The number of hydrogen-bond donors (Lipinski definition) is 1. The van der Waals surface area contributed by atoms with Crippen LogP contribution in [0, 0.1) is 11.3 Å². The number of benzene rings is 1. The van der Waals surface area contributed by atoms with Crippen molar-refractivity contribution in [2.75, 3.05) is 7.05 Å². The van der Waals surface area contributed by atoms with Gasteiger partial charge in [0.15, 0.2) is 0 Å². The van der Waals surface area contributed by atoms with Gasteiger partial charge in [-0.3, -0.25) is 4.79 Å². The van der Waals surface area contributed by atoms with Gasteiger partial charge in [0.05, 0.1) is 0 Å². The molecule has 1 amide bonds. The minimum absolute atomic E-state index is 0.0144. The average molecular weight is 287 g/mol. The maximum Gasteiger partial charge on any atom is 0.261 e. The van der Waals surface area contributed by atoms with Gasteiger partial charge in [-0.15, -0.1) is 0 Å². The van der Waals surface area contributed by atoms with E-state index < -0.39 is 5.91 Å². The zero-order valence-corrected chi connectivity index (χ0v) is 11.4. The van der Waals surface area contributed by atoms with Crippen molar-refractivity contribution in [3.8, 4) is 17.4 Å². The lowest BCUT2D eigenvalue weighted by Crippen LogP contribution is -2.18. The first-order valence-corrected chi connectivity index (χ1v) is 6.21. The van der Waals surface area contributed by atoms with Gasteiger partial charge >= 0.3 is 0 Å². The monoisotopic (exact) mass is 286 g/mol. The average Bonchev–Trinajstić information content (AvgIpc) is 2.92. The number of carbonyl (C=O) groups excluding carboxylic acids is 1. The molecule has 100 valence electrons. The summed E-state index contributed by atoms with van der Waals surface area (Å²) in [5, 5.41) is 11.9. The van der Waals surface area contributed by atoms with Crippen LogP contribution in [0.1, 0.15) is 5.76 Å². The molecule has 0 radical (unpaired) electrons. The predicted octanol–water partition coefficient (Wildman–Crippen LogP) is 3.25. The third-order valence-electron chi connectivity index (χ3n) is 2.61. The quantitative estimate of drug-likeness (QED) is 0.696. The number of rotatable bonds is 3. The Morgan fingerprint density at radius 3 is 2.85 bits per heavy atom. The molecule has 2 rings (SSSR count). The van der Waals surface area contributed by atoms with E-state index in [4.69, 9.17) is 21.3 Å². The van der Waals surface area contributed by atoms with Crippen molar-refractivity contribution in [2.24, 2.45) is 0 Å². The molecule has 1 aromatic heterocycles. The number of amides is 1. The van der Waals surface area contributed by atoms with Crippen LogP contribution in [0.2, 0.25) is 5.02 Å². The third kappa shape index (κ3) is 3.08. The van der Waals surface area contributed by atoms with Crippen LogP contribution in [0.5, 0.6) is 0 Å². The van der Waals surface area contributed by atoms with Gasteiger partial charge in [-0.1, -0.05) is 23.7 Å². The van der Waals surface area contributed by atoms with E-state index in [0.717, 1.165) is 5.56 Å². The summed E-state index contributed by atoms with van der Waals surface area (Å²) in [6, 6.07) is 12.5. The zero-order valence-electron chi connectivity index (χ0n) is 10.7. The summed E-state index contributed by atoms with van der Waals surface area (Å²) in [5.74, 6) is 0.598. The van der Waals surface area contributed by atoms with Crippen LogP contribution in [-0.2, 0) is 4.79 Å². The highest BCUT2D eigenvalue weighted by Crippen LogP contribution is 2.25. The number of carbonyl (C=O) groups is 1. The lowest BCUT2D eigenvalue weighted by molar-refractivity contribution is -0.116. The third-order valence-corrected chi connectivity index (χ3v) is 2.85. The van der Waals surface area contributed by atoms with Gasteiger partial charge in [0.2, 0.25) is 0 Å². The summed E-state index contributed by atoms with van der Waals surface area (Å²) >= 11 is 5.92. The van der Waals surface area contributed by atoms with Crippen molar-refractivity contribution in [3.63, 3.8) is 0 Å². The number of nitrogens with one attached hydrogen (secondary N) is 1. The molecule has 0 saturated heterocycles. The van der Waals surface area contributed by atoms with E-state index in [0.29, 0.717) is 16.5 Å². The summed E-state index contributed by atoms with van der Waals surface area (Å²) in [6.45, 7) is 0. The van der Waals surface area contributed by atoms with Crippen LogP contribution < -0.4 is 5.32 Å². The minimum Gasteiger partial charge on any atom is -0.457 e. The molecule has 1 heterocycles. The van der Waals surface area contributed by atoms with Crippen LogP contribution in [0.25, 0.3) is 17.4 Å². The maximum absolute atomic E-state index is 11.4. The molecule has 0 aliphatic heterocycles. The molecule has 4 nitrogen and oxygen atoms in total. The van der Waals surface area contributed by atoms with Gasteiger partial charge in [0.25, 0.3) is 5.91 Å². The zero-order chi connectivity index (χ0) is 14.5. The standard InChI is InChI=1S/C15H11ClN2O2/c1-18-15(19)11(9-17)8-13-5-6-14(20-13)10-3-2-4-12(16)7-10/h2-8H,1H3,(H,18,19). The number of likely N-dealkylation sites (N-methyl/N-ethyl adjacent to an activating group) is 1. The van der Waals surface area contributed by atoms with E-state index in [1.54, 1.807) is 24.3 Å². The number of furan rings is 1. The normalized spacial score (nSPS) is 10.9. The Bertz CT molecular complexity index is 711. The summed E-state index contributed by atoms with van der Waals surface area (Å²) < 4.78 is 5.59. The molecule has 20 heavy (non-hydrogen) atoms. The number of halogens is 1. The van der Waals surface area contributed by atoms with E-state index in [9.17, 15) is 4.79 Å². The van der Waals surface area contributed by atoms with E-state index in [-0.39, 0.29) is 5.57 Å². The summed E-state index contributed by atoms with van der Waals surface area (Å²) in [5.41, 5.74) is 0.815. The van der Waals surface area contributed by atoms with E-state index in [2.05, 4.69) is 5.32 Å². The van der Waals surface area contributed by atoms with E-state index >= 15 is 0 Å². The fourth-order valence-corrected chi connectivity index (χ4v) is 1.84. The number of hydrogen-bond acceptors (Lipinski definition) is 3. The molecule has 5 heteroatoms. The lowest BCUT2D eigenvalue weighted by Gasteiger charge is -1.97. The first-order valence-electron chi connectivity index (χ1n) is 5.83. The van der Waals surface area contributed by atoms with E-state index in [1.807, 2.05) is 18.2 Å². The second-order valence-electron chi connectivity index (χ2n) is 3.96. The highest BCUT2D eigenvalue weighted by Gasteiger charge is 2.09. The van der Waals surface area contributed by atoms with Crippen molar-refractivity contribution in [1.29, 1.82) is 5.26 Å². The lowest BCUT2D eigenvalue weighted by atomic mass is 10.2. The van der Waals surface area contributed by atoms with Crippen molar-refractivity contribution >= 4 is 23.6 Å². The molecule has 0 aliphatic rings. The van der Waals surface area contributed by atoms with Crippen LogP contribution in [0.4, 0.5) is 0 Å². The Hall–Kier alpha value is -2.51. The second kappa shape index (κ2) is 6.09. The Balaban J connectivity index is 2.32. The molecule has 0 spiro atoms. The van der Waals surface area contributed by atoms with E-state index in [1.165, 1.54) is 13.1 Å². The second-order valence-corrected chi connectivity index (χ2v) is 4.40. The van der Waals surface area contributed by atoms with Crippen LogP contribution in [0.15, 0.2) is 46.4 Å². The number of nitrogens with zero attached hydrogens (tertiary/aromatic N) is 1. The Morgan fingerprint density at radius 1 is 1.40 bits per heavy atom. The molecule has 0 bridgehead atoms. The summed E-state index contributed by atoms with van der Waals surface area (Å²) in [4.78, 5) is 11.4. The fourth-order valence-electron chi connectivity index (χ4n) is 1.65. The summed E-state index contributed by atoms with van der Waals surface area (Å²) in [7, 11) is 1.47. The minimum atomic E-state index is -0.451. The van der Waals surface area contributed by atoms with Gasteiger partial charge < -0.3 is 9.73 Å². The smallest absolute Gasteiger partial charge is 0.261 e. The van der Waals surface area contributed by atoms with Crippen molar-refractivity contribution in [2.45, 2.75) is 0 Å². The first kappa shape index (κ1) is 13.9. The van der Waals surface area contributed by atoms with Crippen molar-refractivity contribution in [3.05, 3.63) is 52.8 Å². The van der Waals surface area contributed by atoms with Crippen molar-refractivity contribution in [1.82, 2.24) is 5.32 Å². The highest BCUT2D eigenvalue weighted by molar-refractivity contribution is 6.30. The molecule has 0 atom stereocenters. The van der Waals surface area contributed by atoms with Gasteiger partial charge in [-0.2, -0.15) is 5.26 Å². The Morgan fingerprint density at radius 2 is 2.20 bits per heavy atom. The molecule has 0 unspecified atom stereocenters. The number of nitriles is 1. The molecule has 1 N–H and O–H groups in total. The van der Waals surface area contributed by atoms with Gasteiger partial charge in [0.1, 0.15) is 23.2 Å². The topological polar surface area (TPSA) is 66.0 Å². The Kier molecular flexibility index (Phi) is 4.24. The first-order chi connectivity index (χ1) is 9.63. The van der Waals surface area contributed by atoms with Crippen LogP contribution in [0.3, 0.4) is 0 Å². The molecule has 2 aromatic rings. The fraction of sp³-hybridized carbons (Fsp3) is 0.0667. The van der Waals surface area contributed by atoms with Gasteiger partial charge in [0, 0.05) is 23.7 Å². The van der Waals surface area contributed by atoms with Crippen LogP contribution >= 0.6 is 11.6 Å². The van der Waals surface area contributed by atoms with Crippen LogP contribution in [-0.4, -0.2) is 13.0 Å². The molecule has 0 saturated carbocycles. The van der Waals surface area contributed by atoms with Gasteiger partial charge in [-0.05, 0) is 24.3 Å². The molecular weight excluding hydrogens is 276 g/mol. The molecule has 0 fully saturated rings. The van der Waals surface area contributed by atoms with Crippen molar-refractivity contribution < 1.29 is 9.21 Å². The molecule has 1 aromatic carbocycles. The SMILES string of the molecule is CNC(=O)C(C#N)=Cc1ccc(-c2cccc(Cl)c2)o1. The highest BCUT2D eigenvalue weighted by atomic mass is 35.5. The molecule has 0 aliphatic carbocycles. The molecular formula is C15H11ClN2O2. The predicted molar refractivity (Wildman–Crippen MR) is 76.8 cm³/mol. The summed E-state index contributed by atoms with van der Waals surface area (Å²) in [6.07, 6.45) is 1.40. The largest absolute Gasteiger partial charge is 0.457 e.